The monoisotopic (exact) mass is 511 g/mol. The number of aliphatic hydroxyl groups excluding tert-OH is 1. The lowest BCUT2D eigenvalue weighted by Crippen LogP contribution is -2.56. The molecular formula is C29H41N3O5. The lowest BCUT2D eigenvalue weighted by molar-refractivity contribution is -0.144. The normalized spacial score (nSPS) is 13.8. The third-order valence-corrected chi connectivity index (χ3v) is 5.98. The Bertz CT molecular complexity index is 1090. The summed E-state index contributed by atoms with van der Waals surface area (Å²) in [5.74, 6) is -0.964. The SMILES string of the molecule is CCC(C)N(C(=O)C(CO)NC(=O)OC(C)(C)C)C(C(=O)Nc1ccccc1C)c1cc(C)cc(C)c1. The Morgan fingerprint density at radius 2 is 1.62 bits per heavy atom. The van der Waals surface area contributed by atoms with E-state index in [4.69, 9.17) is 4.74 Å². The maximum absolute atomic E-state index is 13.9. The van der Waals surface area contributed by atoms with Crippen LogP contribution in [0.5, 0.6) is 0 Å². The molecule has 3 amide bonds. The number of ether oxygens (including phenoxy) is 1. The van der Waals surface area contributed by atoms with E-state index in [2.05, 4.69) is 10.6 Å². The van der Waals surface area contributed by atoms with Gasteiger partial charge in [-0.15, -0.1) is 0 Å². The first-order chi connectivity index (χ1) is 17.3. The Labute approximate surface area is 220 Å². The van der Waals surface area contributed by atoms with Crippen molar-refractivity contribution >= 4 is 23.6 Å². The van der Waals surface area contributed by atoms with Gasteiger partial charge in [0.1, 0.15) is 17.7 Å². The van der Waals surface area contributed by atoms with Crippen molar-refractivity contribution in [2.45, 2.75) is 85.5 Å². The number of carbonyl (C=O) groups excluding carboxylic acids is 3. The third-order valence-electron chi connectivity index (χ3n) is 5.98. The van der Waals surface area contributed by atoms with Crippen LogP contribution in [0, 0.1) is 20.8 Å². The Morgan fingerprint density at radius 1 is 1.03 bits per heavy atom. The molecule has 3 N–H and O–H groups in total. The summed E-state index contributed by atoms with van der Waals surface area (Å²) >= 11 is 0. The molecule has 0 aliphatic heterocycles. The van der Waals surface area contributed by atoms with Crippen molar-refractivity contribution in [3.63, 3.8) is 0 Å². The molecule has 0 fully saturated rings. The highest BCUT2D eigenvalue weighted by molar-refractivity contribution is 5.99. The van der Waals surface area contributed by atoms with Gasteiger partial charge in [0.2, 0.25) is 5.91 Å². The van der Waals surface area contributed by atoms with E-state index < -0.39 is 36.3 Å². The standard InChI is InChI=1S/C29H41N3O5/c1-9-21(5)32(27(35)24(17-33)31-28(36)37-29(6,7)8)25(22-15-18(2)14-19(3)16-22)26(34)30-23-13-11-10-12-20(23)4/h10-16,21,24-25,33H,9,17H2,1-8H3,(H,30,34)(H,31,36). The van der Waals surface area contributed by atoms with Gasteiger partial charge in [0.15, 0.2) is 0 Å². The van der Waals surface area contributed by atoms with Crippen molar-refractivity contribution in [3.05, 3.63) is 64.7 Å². The Hall–Kier alpha value is -3.39. The predicted molar refractivity (Wildman–Crippen MR) is 145 cm³/mol. The molecule has 37 heavy (non-hydrogen) atoms. The smallest absolute Gasteiger partial charge is 0.408 e. The second kappa shape index (κ2) is 12.7. The summed E-state index contributed by atoms with van der Waals surface area (Å²) in [6.45, 7) is 14.0. The minimum atomic E-state index is -1.29. The van der Waals surface area contributed by atoms with Crippen LogP contribution in [0.3, 0.4) is 0 Å². The fourth-order valence-corrected chi connectivity index (χ4v) is 4.13. The average molecular weight is 512 g/mol. The largest absolute Gasteiger partial charge is 0.444 e. The van der Waals surface area contributed by atoms with E-state index in [1.54, 1.807) is 20.8 Å². The zero-order chi connectivity index (χ0) is 27.9. The molecule has 2 aromatic rings. The van der Waals surface area contributed by atoms with Crippen LogP contribution < -0.4 is 10.6 Å². The second-order valence-electron chi connectivity index (χ2n) is 10.5. The van der Waals surface area contributed by atoms with E-state index in [0.29, 0.717) is 17.7 Å². The van der Waals surface area contributed by atoms with Crippen LogP contribution in [0.15, 0.2) is 42.5 Å². The number of aliphatic hydroxyl groups is 1. The van der Waals surface area contributed by atoms with Crippen molar-refractivity contribution in [1.82, 2.24) is 10.2 Å². The quantitative estimate of drug-likeness (QED) is 0.448. The third kappa shape index (κ3) is 8.32. The van der Waals surface area contributed by atoms with Crippen molar-refractivity contribution in [2.24, 2.45) is 0 Å². The van der Waals surface area contributed by atoms with Gasteiger partial charge in [0, 0.05) is 11.7 Å². The molecule has 3 atom stereocenters. The highest BCUT2D eigenvalue weighted by Gasteiger charge is 2.38. The van der Waals surface area contributed by atoms with E-state index >= 15 is 0 Å². The average Bonchev–Trinajstić information content (AvgIpc) is 2.79. The minimum absolute atomic E-state index is 0.379. The number of alkyl carbamates (subject to hydrolysis) is 1. The Balaban J connectivity index is 2.56. The zero-order valence-corrected chi connectivity index (χ0v) is 23.2. The first-order valence-electron chi connectivity index (χ1n) is 12.6. The number of hydrogen-bond donors (Lipinski definition) is 3. The number of nitrogens with one attached hydrogen (secondary N) is 2. The fraction of sp³-hybridized carbons (Fsp3) is 0.483. The number of nitrogens with zero attached hydrogens (tertiary/aromatic N) is 1. The number of carbonyl (C=O) groups is 3. The van der Waals surface area contributed by atoms with Crippen LogP contribution in [0.1, 0.15) is 69.3 Å². The number of benzene rings is 2. The highest BCUT2D eigenvalue weighted by atomic mass is 16.6. The van der Waals surface area contributed by atoms with E-state index in [9.17, 15) is 19.5 Å². The molecule has 0 spiro atoms. The van der Waals surface area contributed by atoms with Crippen LogP contribution in [0.25, 0.3) is 0 Å². The van der Waals surface area contributed by atoms with Crippen molar-refractivity contribution in [2.75, 3.05) is 11.9 Å². The van der Waals surface area contributed by atoms with Gasteiger partial charge in [-0.2, -0.15) is 0 Å². The molecule has 0 aromatic heterocycles. The summed E-state index contributed by atoms with van der Waals surface area (Å²) in [4.78, 5) is 41.7. The molecule has 0 aliphatic carbocycles. The van der Waals surface area contributed by atoms with Crippen molar-refractivity contribution in [3.8, 4) is 0 Å². The summed E-state index contributed by atoms with van der Waals surface area (Å²) < 4.78 is 5.29. The van der Waals surface area contributed by atoms with Gasteiger partial charge in [-0.25, -0.2) is 4.79 Å². The molecule has 0 saturated heterocycles. The Morgan fingerprint density at radius 3 is 2.14 bits per heavy atom. The summed E-state index contributed by atoms with van der Waals surface area (Å²) in [7, 11) is 0. The molecule has 0 bridgehead atoms. The second-order valence-corrected chi connectivity index (χ2v) is 10.5. The van der Waals surface area contributed by atoms with Crippen LogP contribution in [-0.4, -0.2) is 52.2 Å². The maximum atomic E-state index is 13.9. The zero-order valence-electron chi connectivity index (χ0n) is 23.2. The van der Waals surface area contributed by atoms with Gasteiger partial charge in [-0.1, -0.05) is 54.4 Å². The van der Waals surface area contributed by atoms with E-state index in [0.717, 1.165) is 16.7 Å². The first-order valence-corrected chi connectivity index (χ1v) is 12.6. The van der Waals surface area contributed by atoms with E-state index in [1.165, 1.54) is 4.90 Å². The van der Waals surface area contributed by atoms with E-state index in [-0.39, 0.29) is 11.9 Å². The summed E-state index contributed by atoms with van der Waals surface area (Å²) in [5, 5.41) is 15.5. The molecule has 0 radical (unpaired) electrons. The molecule has 8 heteroatoms. The van der Waals surface area contributed by atoms with Crippen molar-refractivity contribution in [1.29, 1.82) is 0 Å². The number of aryl methyl sites for hydroxylation is 3. The molecule has 8 nitrogen and oxygen atoms in total. The molecule has 202 valence electrons. The maximum Gasteiger partial charge on any atom is 0.408 e. The van der Waals surface area contributed by atoms with E-state index in [1.807, 2.05) is 77.1 Å². The highest BCUT2D eigenvalue weighted by Crippen LogP contribution is 2.29. The topological polar surface area (TPSA) is 108 Å². The van der Waals surface area contributed by atoms with Crippen molar-refractivity contribution < 1.29 is 24.2 Å². The lowest BCUT2D eigenvalue weighted by atomic mass is 9.96. The summed E-state index contributed by atoms with van der Waals surface area (Å²) in [6.07, 6.45) is -0.272. The molecule has 0 aliphatic rings. The van der Waals surface area contributed by atoms with Gasteiger partial charge in [0.25, 0.3) is 5.91 Å². The van der Waals surface area contributed by atoms with Gasteiger partial charge >= 0.3 is 6.09 Å². The summed E-state index contributed by atoms with van der Waals surface area (Å²) in [6, 6.07) is 10.5. The lowest BCUT2D eigenvalue weighted by Gasteiger charge is -2.38. The molecule has 0 heterocycles. The fourth-order valence-electron chi connectivity index (χ4n) is 4.13. The van der Waals surface area contributed by atoms with Gasteiger partial charge in [-0.3, -0.25) is 9.59 Å². The van der Waals surface area contributed by atoms with Crippen LogP contribution in [0.4, 0.5) is 10.5 Å². The number of rotatable bonds is 9. The van der Waals surface area contributed by atoms with Crippen LogP contribution in [0.2, 0.25) is 0 Å². The summed E-state index contributed by atoms with van der Waals surface area (Å²) in [5.41, 5.74) is 3.29. The molecule has 0 saturated carbocycles. The Kier molecular flexibility index (Phi) is 10.3. The van der Waals surface area contributed by atoms with Gasteiger partial charge in [-0.05, 0) is 72.1 Å². The van der Waals surface area contributed by atoms with Gasteiger partial charge < -0.3 is 25.4 Å². The number of anilines is 1. The molecule has 2 rings (SSSR count). The molecular weight excluding hydrogens is 470 g/mol. The first kappa shape index (κ1) is 29.8. The minimum Gasteiger partial charge on any atom is -0.444 e. The number of amides is 3. The van der Waals surface area contributed by atoms with Crippen LogP contribution in [-0.2, 0) is 14.3 Å². The van der Waals surface area contributed by atoms with Crippen LogP contribution >= 0.6 is 0 Å². The molecule has 3 unspecified atom stereocenters. The molecule has 2 aromatic carbocycles. The van der Waals surface area contributed by atoms with Gasteiger partial charge in [0.05, 0.1) is 6.61 Å². The number of para-hydroxylation sites is 1. The predicted octanol–water partition coefficient (Wildman–Crippen LogP) is 4.80. The number of hydrogen-bond acceptors (Lipinski definition) is 5.